The Morgan fingerprint density at radius 1 is 1.45 bits per heavy atom. The molecule has 1 aromatic rings. The van der Waals surface area contributed by atoms with E-state index < -0.39 is 5.97 Å². The molecule has 0 bridgehead atoms. The molecule has 5 nitrogen and oxygen atoms in total. The number of rotatable bonds is 3. The van der Waals surface area contributed by atoms with Gasteiger partial charge in [-0.3, -0.25) is 4.79 Å². The molecule has 2 rings (SSSR count). The van der Waals surface area contributed by atoms with Crippen LogP contribution < -0.4 is 4.90 Å². The van der Waals surface area contributed by atoms with Crippen LogP contribution in [-0.4, -0.2) is 25.0 Å². The van der Waals surface area contributed by atoms with Gasteiger partial charge in [0.1, 0.15) is 6.07 Å². The summed E-state index contributed by atoms with van der Waals surface area (Å²) in [5.41, 5.74) is 1.14. The number of amides is 1. The number of nitriles is 1. The van der Waals surface area contributed by atoms with Crippen LogP contribution in [0.5, 0.6) is 0 Å². The molecule has 0 unspecified atom stereocenters. The van der Waals surface area contributed by atoms with Crippen molar-refractivity contribution in [3.8, 4) is 6.07 Å². The lowest BCUT2D eigenvalue weighted by Crippen LogP contribution is -2.35. The van der Waals surface area contributed by atoms with Gasteiger partial charge in [0.25, 0.3) is 0 Å². The van der Waals surface area contributed by atoms with Crippen molar-refractivity contribution in [2.75, 3.05) is 18.1 Å². The molecule has 1 aliphatic rings. The highest BCUT2D eigenvalue weighted by Gasteiger charge is 2.21. The zero-order valence-electron chi connectivity index (χ0n) is 11.4. The van der Waals surface area contributed by atoms with E-state index in [1.54, 1.807) is 30.0 Å². The number of nitrogens with zero attached hydrogens (tertiary/aromatic N) is 2. The van der Waals surface area contributed by atoms with E-state index in [0.717, 1.165) is 12.8 Å². The Balaban J connectivity index is 2.32. The minimum atomic E-state index is -0.513. The monoisotopic (exact) mass is 272 g/mol. The lowest BCUT2D eigenvalue weighted by molar-refractivity contribution is -0.119. The van der Waals surface area contributed by atoms with Crippen molar-refractivity contribution in [3.63, 3.8) is 0 Å². The summed E-state index contributed by atoms with van der Waals surface area (Å²) in [5, 5.41) is 9.16. The molecule has 5 heteroatoms. The maximum absolute atomic E-state index is 11.9. The van der Waals surface area contributed by atoms with Crippen LogP contribution in [0.1, 0.15) is 42.1 Å². The summed E-state index contributed by atoms with van der Waals surface area (Å²) in [7, 11) is 0. The highest BCUT2D eigenvalue weighted by atomic mass is 16.5. The number of ether oxygens (including phenoxy) is 1. The Hall–Kier alpha value is -2.35. The molecule has 0 spiro atoms. The summed E-state index contributed by atoms with van der Waals surface area (Å²) < 4.78 is 4.91. The molecule has 0 aromatic heterocycles. The number of esters is 1. The summed E-state index contributed by atoms with van der Waals surface area (Å²) >= 11 is 0. The molecule has 104 valence electrons. The van der Waals surface area contributed by atoms with Crippen LogP contribution in [0.4, 0.5) is 5.69 Å². The van der Waals surface area contributed by atoms with E-state index in [9.17, 15) is 9.59 Å². The number of hydrogen-bond donors (Lipinski definition) is 0. The average Bonchev–Trinajstić information content (AvgIpc) is 2.47. The topological polar surface area (TPSA) is 70.4 Å². The van der Waals surface area contributed by atoms with Crippen molar-refractivity contribution >= 4 is 17.6 Å². The van der Waals surface area contributed by atoms with Crippen LogP contribution >= 0.6 is 0 Å². The third kappa shape index (κ3) is 2.80. The van der Waals surface area contributed by atoms with Crippen LogP contribution in [0.25, 0.3) is 0 Å². The van der Waals surface area contributed by atoms with Crippen molar-refractivity contribution in [3.05, 3.63) is 29.3 Å². The van der Waals surface area contributed by atoms with Crippen molar-refractivity contribution in [2.45, 2.75) is 26.2 Å². The second-order valence-corrected chi connectivity index (χ2v) is 4.56. The first-order valence-corrected chi connectivity index (χ1v) is 6.69. The summed E-state index contributed by atoms with van der Waals surface area (Å²) in [5.74, 6) is -0.454. The first-order chi connectivity index (χ1) is 9.67. The van der Waals surface area contributed by atoms with Crippen LogP contribution in [0.2, 0.25) is 0 Å². The van der Waals surface area contributed by atoms with Gasteiger partial charge in [-0.25, -0.2) is 4.79 Å². The largest absolute Gasteiger partial charge is 0.462 e. The van der Waals surface area contributed by atoms with Gasteiger partial charge >= 0.3 is 5.97 Å². The Morgan fingerprint density at radius 2 is 2.25 bits per heavy atom. The minimum Gasteiger partial charge on any atom is -0.462 e. The molecule has 1 aliphatic heterocycles. The Kier molecular flexibility index (Phi) is 4.36. The van der Waals surface area contributed by atoms with Crippen molar-refractivity contribution < 1.29 is 14.3 Å². The number of carbonyl (C=O) groups excluding carboxylic acids is 2. The molecule has 1 saturated heterocycles. The summed E-state index contributed by atoms with van der Waals surface area (Å²) in [4.78, 5) is 25.3. The number of carbonyl (C=O) groups is 2. The fourth-order valence-corrected chi connectivity index (χ4v) is 2.26. The van der Waals surface area contributed by atoms with Gasteiger partial charge < -0.3 is 9.64 Å². The fourth-order valence-electron chi connectivity index (χ4n) is 2.26. The normalized spacial score (nSPS) is 14.8. The van der Waals surface area contributed by atoms with E-state index in [-0.39, 0.29) is 23.6 Å². The van der Waals surface area contributed by atoms with Crippen LogP contribution in [-0.2, 0) is 9.53 Å². The molecule has 0 atom stereocenters. The van der Waals surface area contributed by atoms with Gasteiger partial charge in [0.2, 0.25) is 5.91 Å². The Labute approximate surface area is 117 Å². The smallest absolute Gasteiger partial charge is 0.339 e. The Morgan fingerprint density at radius 3 is 2.90 bits per heavy atom. The molecular weight excluding hydrogens is 256 g/mol. The van der Waals surface area contributed by atoms with Crippen molar-refractivity contribution in [2.24, 2.45) is 0 Å². The van der Waals surface area contributed by atoms with E-state index >= 15 is 0 Å². The predicted molar refractivity (Wildman–Crippen MR) is 73.3 cm³/mol. The van der Waals surface area contributed by atoms with E-state index in [2.05, 4.69) is 0 Å². The molecule has 1 heterocycles. The third-order valence-corrected chi connectivity index (χ3v) is 3.25. The third-order valence-electron chi connectivity index (χ3n) is 3.25. The molecule has 0 radical (unpaired) electrons. The second kappa shape index (κ2) is 6.20. The molecule has 0 N–H and O–H groups in total. The van der Waals surface area contributed by atoms with E-state index in [0.29, 0.717) is 18.7 Å². The highest BCUT2D eigenvalue weighted by molar-refractivity contribution is 5.96. The van der Waals surface area contributed by atoms with E-state index in [1.807, 2.05) is 6.07 Å². The SMILES string of the molecule is CCOC(=O)c1ccc(N2CCCCC2=O)cc1C#N. The van der Waals surface area contributed by atoms with Gasteiger partial charge in [-0.15, -0.1) is 0 Å². The maximum atomic E-state index is 11.9. The van der Waals surface area contributed by atoms with Gasteiger partial charge in [-0.2, -0.15) is 5.26 Å². The van der Waals surface area contributed by atoms with Crippen molar-refractivity contribution in [1.29, 1.82) is 5.26 Å². The van der Waals surface area contributed by atoms with Crippen molar-refractivity contribution in [1.82, 2.24) is 0 Å². The van der Waals surface area contributed by atoms with Crippen LogP contribution in [0, 0.1) is 11.3 Å². The molecule has 1 amide bonds. The van der Waals surface area contributed by atoms with Gasteiger partial charge in [0.05, 0.1) is 17.7 Å². The van der Waals surface area contributed by atoms with Gasteiger partial charge in [0.15, 0.2) is 0 Å². The van der Waals surface area contributed by atoms with Crippen LogP contribution in [0.15, 0.2) is 18.2 Å². The predicted octanol–water partition coefficient (Wildman–Crippen LogP) is 2.25. The second-order valence-electron chi connectivity index (χ2n) is 4.56. The van der Waals surface area contributed by atoms with Gasteiger partial charge in [-0.05, 0) is 38.0 Å². The molecule has 20 heavy (non-hydrogen) atoms. The molecular formula is C15H16N2O3. The first-order valence-electron chi connectivity index (χ1n) is 6.69. The minimum absolute atomic E-state index is 0.0593. The average molecular weight is 272 g/mol. The summed E-state index contributed by atoms with van der Waals surface area (Å²) in [6.45, 7) is 2.63. The zero-order chi connectivity index (χ0) is 14.5. The van der Waals surface area contributed by atoms with E-state index in [4.69, 9.17) is 10.00 Å². The fraction of sp³-hybridized carbons (Fsp3) is 0.400. The standard InChI is InChI=1S/C15H16N2O3/c1-2-20-15(19)13-7-6-12(9-11(13)10-16)17-8-4-3-5-14(17)18/h6-7,9H,2-5,8H2,1H3. The lowest BCUT2D eigenvalue weighted by Gasteiger charge is -2.27. The Bertz CT molecular complexity index is 575. The summed E-state index contributed by atoms with van der Waals surface area (Å²) in [6, 6.07) is 6.81. The zero-order valence-corrected chi connectivity index (χ0v) is 11.4. The van der Waals surface area contributed by atoms with Gasteiger partial charge in [0, 0.05) is 18.7 Å². The molecule has 1 fully saturated rings. The quantitative estimate of drug-likeness (QED) is 0.791. The molecule has 1 aromatic carbocycles. The highest BCUT2D eigenvalue weighted by Crippen LogP contribution is 2.24. The molecule has 0 aliphatic carbocycles. The number of benzene rings is 1. The summed E-state index contributed by atoms with van der Waals surface area (Å²) in [6.07, 6.45) is 2.39. The maximum Gasteiger partial charge on any atom is 0.339 e. The van der Waals surface area contributed by atoms with Crippen LogP contribution in [0.3, 0.4) is 0 Å². The van der Waals surface area contributed by atoms with E-state index in [1.165, 1.54) is 0 Å². The number of anilines is 1. The number of piperidine rings is 1. The lowest BCUT2D eigenvalue weighted by atomic mass is 10.0. The first kappa shape index (κ1) is 14.1. The molecule has 0 saturated carbocycles. The number of hydrogen-bond acceptors (Lipinski definition) is 4. The van der Waals surface area contributed by atoms with Gasteiger partial charge in [-0.1, -0.05) is 0 Å².